The van der Waals surface area contributed by atoms with Gasteiger partial charge in [0.1, 0.15) is 17.3 Å². The molecule has 1 heterocycles. The Labute approximate surface area is 100 Å². The van der Waals surface area contributed by atoms with Crippen molar-refractivity contribution in [2.24, 2.45) is 0 Å². The molecular weight excluding hydrogens is 245 g/mol. The highest BCUT2D eigenvalue weighted by Gasteiger charge is 2.11. The van der Waals surface area contributed by atoms with E-state index in [9.17, 15) is 18.0 Å². The lowest BCUT2D eigenvalue weighted by Gasteiger charge is -2.05. The van der Waals surface area contributed by atoms with Gasteiger partial charge in [-0.05, 0) is 24.3 Å². The summed E-state index contributed by atoms with van der Waals surface area (Å²) in [5.41, 5.74) is -0.551. The average molecular weight is 252 g/mol. The van der Waals surface area contributed by atoms with Crippen LogP contribution in [0.3, 0.4) is 0 Å². The van der Waals surface area contributed by atoms with Crippen LogP contribution >= 0.6 is 0 Å². The molecule has 0 bridgehead atoms. The van der Waals surface area contributed by atoms with E-state index in [1.54, 1.807) is 0 Å². The van der Waals surface area contributed by atoms with Gasteiger partial charge in [-0.2, -0.15) is 4.39 Å². The van der Waals surface area contributed by atoms with Gasteiger partial charge in [0, 0.05) is 6.07 Å². The van der Waals surface area contributed by atoms with E-state index in [0.717, 1.165) is 24.3 Å². The molecule has 0 aliphatic rings. The number of amides is 1. The van der Waals surface area contributed by atoms with Gasteiger partial charge in [0.15, 0.2) is 0 Å². The summed E-state index contributed by atoms with van der Waals surface area (Å²) in [6.45, 7) is 0. The molecule has 0 saturated heterocycles. The van der Waals surface area contributed by atoms with Gasteiger partial charge in [0.2, 0.25) is 5.95 Å². The Morgan fingerprint density at radius 2 is 1.89 bits per heavy atom. The number of carbonyl (C=O) groups excluding carboxylic acids is 1. The fraction of sp³-hybridized carbons (Fsp3) is 0. The fourth-order valence-electron chi connectivity index (χ4n) is 1.31. The highest BCUT2D eigenvalue weighted by atomic mass is 19.1. The van der Waals surface area contributed by atoms with Crippen molar-refractivity contribution in [2.75, 3.05) is 5.32 Å². The lowest BCUT2D eigenvalue weighted by atomic mass is 10.2. The molecule has 6 heteroatoms. The Morgan fingerprint density at radius 1 is 1.11 bits per heavy atom. The number of nitrogens with zero attached hydrogens (tertiary/aromatic N) is 1. The van der Waals surface area contributed by atoms with Crippen LogP contribution in [0.4, 0.5) is 18.9 Å². The normalized spacial score (nSPS) is 10.2. The van der Waals surface area contributed by atoms with Crippen molar-refractivity contribution in [1.82, 2.24) is 4.98 Å². The number of benzene rings is 1. The first-order valence-electron chi connectivity index (χ1n) is 4.95. The molecule has 0 aliphatic heterocycles. The first kappa shape index (κ1) is 12.1. The molecule has 92 valence electrons. The zero-order chi connectivity index (χ0) is 13.1. The summed E-state index contributed by atoms with van der Waals surface area (Å²) in [6, 6.07) is 6.25. The van der Waals surface area contributed by atoms with Crippen molar-refractivity contribution in [1.29, 1.82) is 0 Å². The Bertz CT molecular complexity index is 602. The van der Waals surface area contributed by atoms with E-state index in [0.29, 0.717) is 0 Å². The van der Waals surface area contributed by atoms with Crippen LogP contribution in [0.15, 0.2) is 36.4 Å². The van der Waals surface area contributed by atoms with E-state index >= 15 is 0 Å². The molecule has 2 rings (SSSR count). The summed E-state index contributed by atoms with van der Waals surface area (Å²) in [5.74, 6) is -3.14. The number of rotatable bonds is 2. The maximum atomic E-state index is 13.2. The van der Waals surface area contributed by atoms with Crippen LogP contribution in [0.1, 0.15) is 10.5 Å². The van der Waals surface area contributed by atoms with E-state index < -0.39 is 23.5 Å². The number of halogens is 3. The topological polar surface area (TPSA) is 42.0 Å². The highest BCUT2D eigenvalue weighted by molar-refractivity contribution is 6.02. The molecule has 3 nitrogen and oxygen atoms in total. The lowest BCUT2D eigenvalue weighted by Crippen LogP contribution is -2.15. The Balaban J connectivity index is 2.24. The summed E-state index contributed by atoms with van der Waals surface area (Å²) in [5, 5.41) is 2.11. The minimum Gasteiger partial charge on any atom is -0.318 e. The molecule has 1 amide bonds. The maximum Gasteiger partial charge on any atom is 0.274 e. The second-order valence-electron chi connectivity index (χ2n) is 3.42. The van der Waals surface area contributed by atoms with Crippen molar-refractivity contribution in [3.63, 3.8) is 0 Å². The molecule has 1 aromatic heterocycles. The smallest absolute Gasteiger partial charge is 0.274 e. The zero-order valence-corrected chi connectivity index (χ0v) is 8.95. The van der Waals surface area contributed by atoms with E-state index in [4.69, 9.17) is 0 Å². The molecule has 0 atom stereocenters. The van der Waals surface area contributed by atoms with Crippen molar-refractivity contribution in [3.8, 4) is 0 Å². The molecule has 1 aromatic carbocycles. The van der Waals surface area contributed by atoms with Gasteiger partial charge in [-0.15, -0.1) is 0 Å². The molecule has 0 aliphatic carbocycles. The molecule has 0 unspecified atom stereocenters. The zero-order valence-electron chi connectivity index (χ0n) is 8.95. The third-order valence-corrected chi connectivity index (χ3v) is 2.12. The van der Waals surface area contributed by atoms with E-state index in [2.05, 4.69) is 10.3 Å². The van der Waals surface area contributed by atoms with Crippen LogP contribution in [-0.4, -0.2) is 10.9 Å². The van der Waals surface area contributed by atoms with Crippen molar-refractivity contribution < 1.29 is 18.0 Å². The van der Waals surface area contributed by atoms with Crippen LogP contribution in [0.5, 0.6) is 0 Å². The third-order valence-electron chi connectivity index (χ3n) is 2.12. The first-order chi connectivity index (χ1) is 8.56. The van der Waals surface area contributed by atoms with Gasteiger partial charge in [-0.3, -0.25) is 4.79 Å². The van der Waals surface area contributed by atoms with Crippen LogP contribution in [0.2, 0.25) is 0 Å². The van der Waals surface area contributed by atoms with E-state index in [-0.39, 0.29) is 11.4 Å². The van der Waals surface area contributed by atoms with Crippen molar-refractivity contribution in [2.45, 2.75) is 0 Å². The minimum atomic E-state index is -0.831. The van der Waals surface area contributed by atoms with Gasteiger partial charge < -0.3 is 5.32 Å². The number of hydrogen-bond donors (Lipinski definition) is 1. The summed E-state index contributed by atoms with van der Waals surface area (Å²) in [7, 11) is 0. The summed E-state index contributed by atoms with van der Waals surface area (Å²) in [4.78, 5) is 14.9. The second-order valence-corrected chi connectivity index (χ2v) is 3.42. The number of carbonyl (C=O) groups is 1. The van der Waals surface area contributed by atoms with Gasteiger partial charge in [0.25, 0.3) is 5.91 Å². The average Bonchev–Trinajstić information content (AvgIpc) is 2.34. The van der Waals surface area contributed by atoms with Gasteiger partial charge in [-0.25, -0.2) is 13.8 Å². The molecule has 18 heavy (non-hydrogen) atoms. The standard InChI is InChI=1S/C12H7F3N2O/c13-7-4-5-8(14)10(6-7)17-12(18)9-2-1-3-11(15)16-9/h1-6H,(H,17,18). The Morgan fingerprint density at radius 3 is 2.61 bits per heavy atom. The molecular formula is C12H7F3N2O. The number of nitrogens with one attached hydrogen (secondary N) is 1. The van der Waals surface area contributed by atoms with Crippen LogP contribution in [0, 0.1) is 17.6 Å². The van der Waals surface area contributed by atoms with E-state index in [1.165, 1.54) is 12.1 Å². The summed E-state index contributed by atoms with van der Waals surface area (Å²) >= 11 is 0. The quantitative estimate of drug-likeness (QED) is 0.835. The SMILES string of the molecule is O=C(Nc1cc(F)ccc1F)c1cccc(F)n1. The molecule has 0 fully saturated rings. The largest absolute Gasteiger partial charge is 0.318 e. The lowest BCUT2D eigenvalue weighted by molar-refractivity contribution is 0.102. The molecule has 2 aromatic rings. The first-order valence-corrected chi connectivity index (χ1v) is 4.95. The van der Waals surface area contributed by atoms with Crippen LogP contribution < -0.4 is 5.32 Å². The third kappa shape index (κ3) is 2.65. The Hall–Kier alpha value is -2.37. The molecule has 0 saturated carbocycles. The number of pyridine rings is 1. The van der Waals surface area contributed by atoms with Crippen molar-refractivity contribution in [3.05, 3.63) is 59.7 Å². The Kier molecular flexibility index (Phi) is 3.27. The maximum absolute atomic E-state index is 13.2. The predicted molar refractivity (Wildman–Crippen MR) is 58.5 cm³/mol. The summed E-state index contributed by atoms with van der Waals surface area (Å²) in [6.07, 6.45) is 0. The van der Waals surface area contributed by atoms with Gasteiger partial charge >= 0.3 is 0 Å². The van der Waals surface area contributed by atoms with E-state index in [1.807, 2.05) is 0 Å². The number of anilines is 1. The molecule has 1 N–H and O–H groups in total. The van der Waals surface area contributed by atoms with Gasteiger partial charge in [-0.1, -0.05) is 6.07 Å². The second kappa shape index (κ2) is 4.87. The molecule has 0 spiro atoms. The minimum absolute atomic E-state index is 0.223. The monoisotopic (exact) mass is 252 g/mol. The highest BCUT2D eigenvalue weighted by Crippen LogP contribution is 2.16. The predicted octanol–water partition coefficient (Wildman–Crippen LogP) is 2.75. The number of aromatic nitrogens is 1. The fourth-order valence-corrected chi connectivity index (χ4v) is 1.31. The number of hydrogen-bond acceptors (Lipinski definition) is 2. The van der Waals surface area contributed by atoms with Gasteiger partial charge in [0.05, 0.1) is 5.69 Å². The van der Waals surface area contributed by atoms with Crippen LogP contribution in [0.25, 0.3) is 0 Å². The summed E-state index contributed by atoms with van der Waals surface area (Å²) < 4.78 is 38.9. The van der Waals surface area contributed by atoms with Crippen LogP contribution in [-0.2, 0) is 0 Å². The molecule has 0 radical (unpaired) electrons. The van der Waals surface area contributed by atoms with Crippen molar-refractivity contribution >= 4 is 11.6 Å².